The molecule has 3 unspecified atom stereocenters. The summed E-state index contributed by atoms with van der Waals surface area (Å²) < 4.78 is 45.6. The van der Waals surface area contributed by atoms with Crippen molar-refractivity contribution in [2.75, 3.05) is 23.7 Å². The Labute approximate surface area is 209 Å². The first-order valence-electron chi connectivity index (χ1n) is 10.5. The molecule has 0 aliphatic carbocycles. The number of fused-ring (bicyclic) bond motifs is 1. The zero-order valence-corrected chi connectivity index (χ0v) is 22.5. The van der Waals surface area contributed by atoms with Crippen molar-refractivity contribution < 1.29 is 27.8 Å². The number of aliphatic hydroxyl groups excluding tert-OH is 1. The van der Waals surface area contributed by atoms with E-state index < -0.39 is 36.2 Å². The highest BCUT2D eigenvalue weighted by molar-refractivity contribution is 9.11. The molecular formula is C21H28BrN4O6PS. The van der Waals surface area contributed by atoms with Gasteiger partial charge in [0, 0.05) is 19.3 Å². The van der Waals surface area contributed by atoms with Gasteiger partial charge in [0.15, 0.2) is 5.84 Å². The topological polar surface area (TPSA) is 141 Å². The molecule has 0 bridgehead atoms. The number of aliphatic hydroxyl groups is 1. The van der Waals surface area contributed by atoms with Gasteiger partial charge in [0.05, 0.1) is 17.0 Å². The molecule has 13 heteroatoms. The van der Waals surface area contributed by atoms with Crippen LogP contribution in [-0.2, 0) is 25.1 Å². The van der Waals surface area contributed by atoms with Crippen LogP contribution in [0.2, 0.25) is 0 Å². The monoisotopic (exact) mass is 574 g/mol. The number of carbonyl (C=O) groups excluding carboxylic acids is 1. The molecule has 1 amide bonds. The number of benzene rings is 1. The van der Waals surface area contributed by atoms with Crippen molar-refractivity contribution in [3.8, 4) is 0 Å². The number of carbonyl (C=O) groups is 1. The molecule has 0 spiro atoms. The molecule has 2 aliphatic rings. The minimum Gasteiger partial charge on any atom is -0.509 e. The lowest BCUT2D eigenvalue weighted by atomic mass is 9.85. The predicted octanol–water partition coefficient (Wildman–Crippen LogP) is 4.28. The lowest BCUT2D eigenvalue weighted by Crippen LogP contribution is -2.44. The number of allylic oxidation sites excluding steroid dienone is 1. The molecule has 2 aliphatic heterocycles. The van der Waals surface area contributed by atoms with Crippen molar-refractivity contribution in [3.05, 3.63) is 40.6 Å². The molecule has 34 heavy (non-hydrogen) atoms. The fraction of sp³-hybridized carbons (Fsp3) is 0.429. The number of hydrogen-bond donors (Lipinski definition) is 4. The van der Waals surface area contributed by atoms with Gasteiger partial charge in [-0.15, -0.1) is 0 Å². The lowest BCUT2D eigenvalue weighted by Gasteiger charge is -2.35. The molecule has 4 N–H and O–H groups in total. The van der Waals surface area contributed by atoms with Gasteiger partial charge in [-0.2, -0.15) is 4.76 Å². The van der Waals surface area contributed by atoms with Gasteiger partial charge in [0.1, 0.15) is 11.3 Å². The zero-order chi connectivity index (χ0) is 25.3. The van der Waals surface area contributed by atoms with Crippen LogP contribution in [0.15, 0.2) is 45.4 Å². The van der Waals surface area contributed by atoms with Gasteiger partial charge < -0.3 is 19.8 Å². The third-order valence-electron chi connectivity index (χ3n) is 5.46. The van der Waals surface area contributed by atoms with Crippen LogP contribution in [0.1, 0.15) is 33.6 Å². The van der Waals surface area contributed by atoms with Crippen LogP contribution in [0.25, 0.3) is 0 Å². The summed E-state index contributed by atoms with van der Waals surface area (Å²) in [5.74, 6) is -0.588. The predicted molar refractivity (Wildman–Crippen MR) is 138 cm³/mol. The number of amides is 1. The van der Waals surface area contributed by atoms with Crippen LogP contribution in [0.5, 0.6) is 0 Å². The SMILES string of the molecule is COP1(=O)N=C(C2=C(O)C(C(C)(C)C)N(CCC/C=C\Br)C2=O)Nc2ccc(NS(=O)O)cc21. The maximum atomic E-state index is 13.6. The molecule has 0 aromatic heterocycles. The number of halogens is 1. The van der Waals surface area contributed by atoms with E-state index in [1.54, 1.807) is 9.89 Å². The molecule has 10 nitrogen and oxygen atoms in total. The average molecular weight is 575 g/mol. The van der Waals surface area contributed by atoms with Crippen molar-refractivity contribution in [2.45, 2.75) is 39.7 Å². The van der Waals surface area contributed by atoms with E-state index in [-0.39, 0.29) is 28.2 Å². The van der Waals surface area contributed by atoms with Crippen LogP contribution >= 0.6 is 23.4 Å². The summed E-state index contributed by atoms with van der Waals surface area (Å²) in [6, 6.07) is 3.86. The van der Waals surface area contributed by atoms with E-state index in [0.29, 0.717) is 18.7 Å². The van der Waals surface area contributed by atoms with E-state index in [1.165, 1.54) is 25.3 Å². The molecule has 0 saturated heterocycles. The molecule has 1 aromatic carbocycles. The highest BCUT2D eigenvalue weighted by atomic mass is 79.9. The number of hydrogen-bond acceptors (Lipinski definition) is 6. The van der Waals surface area contributed by atoms with Gasteiger partial charge >= 0.3 is 7.52 Å². The summed E-state index contributed by atoms with van der Waals surface area (Å²) in [6.07, 6.45) is 3.39. The second-order valence-corrected chi connectivity index (χ2v) is 12.2. The highest BCUT2D eigenvalue weighted by Gasteiger charge is 2.48. The third kappa shape index (κ3) is 5.31. The molecule has 3 rings (SSSR count). The Morgan fingerprint density at radius 3 is 2.71 bits per heavy atom. The van der Waals surface area contributed by atoms with Gasteiger partial charge in [-0.05, 0) is 41.4 Å². The minimum atomic E-state index is -3.85. The molecule has 1 aromatic rings. The van der Waals surface area contributed by atoms with E-state index in [0.717, 1.165) is 6.42 Å². The fourth-order valence-electron chi connectivity index (χ4n) is 4.05. The highest BCUT2D eigenvalue weighted by Crippen LogP contribution is 2.52. The summed E-state index contributed by atoms with van der Waals surface area (Å²) in [7, 11) is -2.62. The fourth-order valence-corrected chi connectivity index (χ4v) is 6.18. The van der Waals surface area contributed by atoms with Crippen LogP contribution < -0.4 is 15.3 Å². The van der Waals surface area contributed by atoms with Crippen molar-refractivity contribution >= 4 is 63.1 Å². The quantitative estimate of drug-likeness (QED) is 0.206. The Hall–Kier alpha value is -1.98. The second-order valence-electron chi connectivity index (χ2n) is 8.89. The Bertz CT molecular complexity index is 1150. The lowest BCUT2D eigenvalue weighted by molar-refractivity contribution is -0.128. The summed E-state index contributed by atoms with van der Waals surface area (Å²) in [6.45, 7) is 6.21. The maximum absolute atomic E-state index is 13.6. The number of nitrogens with one attached hydrogen (secondary N) is 2. The molecule has 3 atom stereocenters. The van der Waals surface area contributed by atoms with Gasteiger partial charge in [0.25, 0.3) is 17.2 Å². The maximum Gasteiger partial charge on any atom is 0.348 e. The summed E-state index contributed by atoms with van der Waals surface area (Å²) in [5, 5.41) is 14.3. The van der Waals surface area contributed by atoms with E-state index >= 15 is 0 Å². The Morgan fingerprint density at radius 2 is 2.12 bits per heavy atom. The summed E-state index contributed by atoms with van der Waals surface area (Å²) in [4.78, 5) is 16.9. The molecule has 186 valence electrons. The smallest absolute Gasteiger partial charge is 0.348 e. The van der Waals surface area contributed by atoms with Crippen LogP contribution in [-0.4, -0.2) is 50.2 Å². The van der Waals surface area contributed by atoms with Crippen LogP contribution in [0, 0.1) is 5.41 Å². The van der Waals surface area contributed by atoms with Crippen molar-refractivity contribution in [3.63, 3.8) is 0 Å². The van der Waals surface area contributed by atoms with Gasteiger partial charge in [0.2, 0.25) is 0 Å². The molecule has 0 saturated carbocycles. The molecular weight excluding hydrogens is 547 g/mol. The standard InChI is InChI=1S/C21H28BrN4O6PS/c1-21(2,3)18-17(27)16(20(28)26(18)11-7-5-6-10-22)19-23-14-9-8-13(25-34(30)31)12-15(14)33(29,24-19)32-4/h6,8-10,12,18,25,27H,5,7,11H2,1-4H3,(H,30,31)(H,23,24,29)/b10-6-. The first kappa shape index (κ1) is 26.6. The number of unbranched alkanes of at least 4 members (excludes halogenated alkanes) is 1. The summed E-state index contributed by atoms with van der Waals surface area (Å²) >= 11 is 0.915. The van der Waals surface area contributed by atoms with Crippen LogP contribution in [0.3, 0.4) is 0 Å². The Balaban J connectivity index is 2.03. The minimum absolute atomic E-state index is 0.0382. The van der Waals surface area contributed by atoms with Gasteiger partial charge in [-0.25, -0.2) is 4.21 Å². The summed E-state index contributed by atoms with van der Waals surface area (Å²) in [5.41, 5.74) is 0.0851. The van der Waals surface area contributed by atoms with Crippen molar-refractivity contribution in [1.82, 2.24) is 4.90 Å². The third-order valence-corrected chi connectivity index (χ3v) is 8.18. The van der Waals surface area contributed by atoms with E-state index in [9.17, 15) is 18.7 Å². The Morgan fingerprint density at radius 1 is 1.41 bits per heavy atom. The zero-order valence-electron chi connectivity index (χ0n) is 19.2. The van der Waals surface area contributed by atoms with Gasteiger partial charge in [-0.3, -0.25) is 18.6 Å². The largest absolute Gasteiger partial charge is 0.509 e. The molecule has 0 fully saturated rings. The second kappa shape index (κ2) is 10.3. The van der Waals surface area contributed by atoms with Crippen molar-refractivity contribution in [1.29, 1.82) is 0 Å². The van der Waals surface area contributed by atoms with E-state index in [2.05, 4.69) is 30.7 Å². The first-order valence-corrected chi connectivity index (χ1v) is 14.1. The number of rotatable bonds is 8. The number of anilines is 2. The first-order chi connectivity index (χ1) is 15.9. The van der Waals surface area contributed by atoms with E-state index in [4.69, 9.17) is 9.08 Å². The van der Waals surface area contributed by atoms with E-state index in [1.807, 2.05) is 26.8 Å². The van der Waals surface area contributed by atoms with Gasteiger partial charge in [-0.1, -0.05) is 42.8 Å². The number of nitrogens with zero attached hydrogens (tertiary/aromatic N) is 2. The van der Waals surface area contributed by atoms with Crippen LogP contribution in [0.4, 0.5) is 11.4 Å². The van der Waals surface area contributed by atoms with Crippen molar-refractivity contribution in [2.24, 2.45) is 10.2 Å². The molecule has 0 radical (unpaired) electrons. The Kier molecular flexibility index (Phi) is 8.09. The molecule has 2 heterocycles. The average Bonchev–Trinajstić information content (AvgIpc) is 3.00. The normalized spacial score (nSPS) is 23.7. The number of amidine groups is 1.